The van der Waals surface area contributed by atoms with Gasteiger partial charge in [0.15, 0.2) is 11.5 Å². The van der Waals surface area contributed by atoms with Gasteiger partial charge in [-0.2, -0.15) is 0 Å². The summed E-state index contributed by atoms with van der Waals surface area (Å²) in [6.07, 6.45) is 9.76. The van der Waals surface area contributed by atoms with Crippen molar-refractivity contribution in [2.24, 2.45) is 5.41 Å². The molecule has 1 saturated carbocycles. The first-order valence-electron chi connectivity index (χ1n) is 12.3. The Morgan fingerprint density at radius 1 is 1.18 bits per heavy atom. The summed E-state index contributed by atoms with van der Waals surface area (Å²) in [6, 6.07) is 4.22. The van der Waals surface area contributed by atoms with Crippen LogP contribution in [0.15, 0.2) is 12.1 Å². The van der Waals surface area contributed by atoms with E-state index in [9.17, 15) is 0 Å². The van der Waals surface area contributed by atoms with Crippen LogP contribution in [-0.4, -0.2) is 61.4 Å². The van der Waals surface area contributed by atoms with E-state index in [2.05, 4.69) is 29.3 Å². The number of aromatic nitrogens is 1. The second-order valence-corrected chi connectivity index (χ2v) is 9.81. The number of benzene rings is 1. The van der Waals surface area contributed by atoms with Crippen molar-refractivity contribution in [2.75, 3.05) is 45.2 Å². The van der Waals surface area contributed by atoms with Gasteiger partial charge in [-0.25, -0.2) is 0 Å². The number of methoxy groups -OCH3 is 1. The van der Waals surface area contributed by atoms with Gasteiger partial charge < -0.3 is 24.8 Å². The van der Waals surface area contributed by atoms with Gasteiger partial charge >= 0.3 is 0 Å². The van der Waals surface area contributed by atoms with Crippen molar-refractivity contribution in [3.8, 4) is 11.5 Å². The maximum absolute atomic E-state index is 8.36. The fraction of sp³-hybridized carbons (Fsp3) is 0.615. The number of nitrogens with one attached hydrogen (secondary N) is 1. The third-order valence-electron chi connectivity index (χ3n) is 7.17. The predicted octanol–water partition coefficient (Wildman–Crippen LogP) is 4.51. The van der Waals surface area contributed by atoms with E-state index in [-0.39, 0.29) is 6.47 Å². The van der Waals surface area contributed by atoms with Gasteiger partial charge in [0.2, 0.25) is 0 Å². The number of hydrogen-bond donors (Lipinski definition) is 2. The number of hydrogen-bond acceptors (Lipinski definition) is 6. The van der Waals surface area contributed by atoms with E-state index in [1.54, 1.807) is 7.11 Å². The Kier molecular flexibility index (Phi) is 7.58. The molecule has 0 bridgehead atoms. The lowest BCUT2D eigenvalue weighted by Gasteiger charge is -2.19. The van der Waals surface area contributed by atoms with Crippen LogP contribution in [0.4, 0.5) is 5.69 Å². The van der Waals surface area contributed by atoms with Gasteiger partial charge in [-0.3, -0.25) is 9.78 Å². The molecule has 7 nitrogen and oxygen atoms in total. The minimum absolute atomic E-state index is 0.250. The van der Waals surface area contributed by atoms with Gasteiger partial charge in [-0.05, 0) is 81.5 Å². The number of carboxylic acid groups (broad SMARTS) is 1. The van der Waals surface area contributed by atoms with E-state index >= 15 is 0 Å². The number of ether oxygens (including phenoxy) is 2. The van der Waals surface area contributed by atoms with Crippen LogP contribution in [-0.2, 0) is 17.6 Å². The van der Waals surface area contributed by atoms with Crippen molar-refractivity contribution in [3.05, 3.63) is 23.4 Å². The zero-order valence-corrected chi connectivity index (χ0v) is 20.0. The van der Waals surface area contributed by atoms with Gasteiger partial charge in [-0.15, -0.1) is 0 Å². The Balaban J connectivity index is 0.000000821. The summed E-state index contributed by atoms with van der Waals surface area (Å²) in [4.78, 5) is 15.9. The number of rotatable bonds is 9. The maximum Gasteiger partial charge on any atom is 0.290 e. The fourth-order valence-corrected chi connectivity index (χ4v) is 4.91. The quantitative estimate of drug-likeness (QED) is 0.425. The predicted molar refractivity (Wildman–Crippen MR) is 131 cm³/mol. The topological polar surface area (TPSA) is 83.9 Å². The van der Waals surface area contributed by atoms with Crippen molar-refractivity contribution in [2.45, 2.75) is 58.3 Å². The Hall–Kier alpha value is -2.54. The first kappa shape index (κ1) is 23.6. The molecule has 0 spiro atoms. The lowest BCUT2D eigenvalue weighted by molar-refractivity contribution is -0.122. The van der Waals surface area contributed by atoms with Crippen molar-refractivity contribution in [1.29, 1.82) is 0 Å². The van der Waals surface area contributed by atoms with E-state index in [1.165, 1.54) is 67.5 Å². The number of likely N-dealkylation sites (tertiary alicyclic amines) is 1. The van der Waals surface area contributed by atoms with Gasteiger partial charge in [0, 0.05) is 35.9 Å². The third-order valence-corrected chi connectivity index (χ3v) is 7.17. The Bertz CT molecular complexity index is 968. The van der Waals surface area contributed by atoms with E-state index in [0.29, 0.717) is 12.0 Å². The average Bonchev–Trinajstić information content (AvgIpc) is 3.19. The molecule has 0 radical (unpaired) electrons. The molecule has 33 heavy (non-hydrogen) atoms. The zero-order chi connectivity index (χ0) is 23.3. The summed E-state index contributed by atoms with van der Waals surface area (Å²) in [5.41, 5.74) is 5.43. The van der Waals surface area contributed by atoms with Gasteiger partial charge in [0.05, 0.1) is 19.2 Å². The van der Waals surface area contributed by atoms with Crippen LogP contribution in [0.2, 0.25) is 0 Å². The third kappa shape index (κ3) is 5.69. The number of pyridine rings is 1. The Labute approximate surface area is 196 Å². The van der Waals surface area contributed by atoms with Gasteiger partial charge in [0.1, 0.15) is 0 Å². The molecule has 5 rings (SSSR count). The van der Waals surface area contributed by atoms with Crippen molar-refractivity contribution < 1.29 is 19.4 Å². The molecule has 3 aliphatic rings. The first-order valence-corrected chi connectivity index (χ1v) is 12.3. The molecule has 1 aromatic carbocycles. The molecule has 2 N–H and O–H groups in total. The highest BCUT2D eigenvalue weighted by atomic mass is 16.5. The number of fused-ring (bicyclic) bond motifs is 2. The molecule has 2 aromatic rings. The molecule has 1 aromatic heterocycles. The monoisotopic (exact) mass is 455 g/mol. The van der Waals surface area contributed by atoms with Crippen LogP contribution >= 0.6 is 0 Å². The Morgan fingerprint density at radius 3 is 2.64 bits per heavy atom. The lowest BCUT2D eigenvalue weighted by Crippen LogP contribution is -2.21. The number of anilines is 1. The van der Waals surface area contributed by atoms with Crippen molar-refractivity contribution in [3.63, 3.8) is 0 Å². The first-order chi connectivity index (χ1) is 16.1. The van der Waals surface area contributed by atoms with Crippen molar-refractivity contribution in [1.82, 2.24) is 9.88 Å². The smallest absolute Gasteiger partial charge is 0.290 e. The van der Waals surface area contributed by atoms with E-state index < -0.39 is 0 Å². The molecule has 0 atom stereocenters. The Morgan fingerprint density at radius 2 is 1.94 bits per heavy atom. The van der Waals surface area contributed by atoms with Crippen LogP contribution in [0.3, 0.4) is 0 Å². The van der Waals surface area contributed by atoms with E-state index in [4.69, 9.17) is 24.4 Å². The molecule has 7 heteroatoms. The highest BCUT2D eigenvalue weighted by molar-refractivity contribution is 5.96. The van der Waals surface area contributed by atoms with Gasteiger partial charge in [0.25, 0.3) is 6.47 Å². The molecular formula is C26H37N3O4. The molecule has 0 amide bonds. The summed E-state index contributed by atoms with van der Waals surface area (Å²) in [5, 5.41) is 11.9. The minimum Gasteiger partial charge on any atom is -0.493 e. The van der Waals surface area contributed by atoms with E-state index in [0.717, 1.165) is 49.4 Å². The summed E-state index contributed by atoms with van der Waals surface area (Å²) in [6.45, 7) is 7.47. The summed E-state index contributed by atoms with van der Waals surface area (Å²) < 4.78 is 11.9. The fourth-order valence-electron chi connectivity index (χ4n) is 4.91. The number of nitrogens with zero attached hydrogens (tertiary/aromatic N) is 2. The van der Waals surface area contributed by atoms with E-state index in [1.807, 2.05) is 0 Å². The molecule has 2 heterocycles. The maximum atomic E-state index is 8.36. The van der Waals surface area contributed by atoms with Crippen LogP contribution in [0.5, 0.6) is 11.5 Å². The minimum atomic E-state index is -0.250. The second-order valence-electron chi connectivity index (χ2n) is 9.81. The SMILES string of the molecule is COc1cc2c(NCC3(C)CC3)c3c(nc2cc1OCCCN1CCCC1)CCC3.O=CO. The molecule has 2 fully saturated rings. The molecule has 180 valence electrons. The van der Waals surface area contributed by atoms with Crippen LogP contribution in [0.1, 0.15) is 56.7 Å². The molecule has 1 saturated heterocycles. The summed E-state index contributed by atoms with van der Waals surface area (Å²) in [7, 11) is 1.73. The highest BCUT2D eigenvalue weighted by Gasteiger charge is 2.37. The second kappa shape index (κ2) is 10.6. The van der Waals surface area contributed by atoms with Crippen molar-refractivity contribution >= 4 is 23.1 Å². The van der Waals surface area contributed by atoms with Gasteiger partial charge in [-0.1, -0.05) is 6.92 Å². The normalized spacial score (nSPS) is 18.4. The molecule has 0 unspecified atom stereocenters. The molecular weight excluding hydrogens is 418 g/mol. The molecule has 2 aliphatic carbocycles. The number of aryl methyl sites for hydroxylation is 1. The van der Waals surface area contributed by atoms with Crippen LogP contribution < -0.4 is 14.8 Å². The lowest BCUT2D eigenvalue weighted by atomic mass is 10.0. The van der Waals surface area contributed by atoms with Crippen LogP contribution in [0, 0.1) is 5.41 Å². The summed E-state index contributed by atoms with van der Waals surface area (Å²) >= 11 is 0. The summed E-state index contributed by atoms with van der Waals surface area (Å²) in [5.74, 6) is 1.63. The standard InChI is InChI=1S/C25H35N3O2.CH2O2/c1-25(9-10-25)17-26-24-18-7-5-8-20(18)27-21-16-23(22(29-2)15-19(21)24)30-14-6-13-28-11-3-4-12-28;2-1-3/h15-16H,3-14,17H2,1-2H3,(H,26,27);1H,(H,2,3). The largest absolute Gasteiger partial charge is 0.493 e. The molecule has 1 aliphatic heterocycles. The highest BCUT2D eigenvalue weighted by Crippen LogP contribution is 2.46. The number of carbonyl (C=O) groups is 1. The zero-order valence-electron chi connectivity index (χ0n) is 20.0. The average molecular weight is 456 g/mol. The van der Waals surface area contributed by atoms with Crippen LogP contribution in [0.25, 0.3) is 10.9 Å².